The van der Waals surface area contributed by atoms with Gasteiger partial charge >= 0.3 is 0 Å². The van der Waals surface area contributed by atoms with E-state index in [1.54, 1.807) is 11.0 Å². The normalized spacial score (nSPS) is 33.4. The summed E-state index contributed by atoms with van der Waals surface area (Å²) in [5.41, 5.74) is 0.945. The second-order valence-electron chi connectivity index (χ2n) is 7.37. The molecule has 2 aliphatic heterocycles. The van der Waals surface area contributed by atoms with Gasteiger partial charge in [0.1, 0.15) is 5.75 Å². The highest BCUT2D eigenvalue weighted by Gasteiger charge is 2.38. The Morgan fingerprint density at radius 1 is 1.00 bits per heavy atom. The number of para-hydroxylation sites is 1. The highest BCUT2D eigenvalue weighted by molar-refractivity contribution is 7.89. The molecule has 0 unspecified atom stereocenters. The van der Waals surface area contributed by atoms with E-state index in [0.29, 0.717) is 17.7 Å². The molecule has 1 aliphatic carbocycles. The van der Waals surface area contributed by atoms with Crippen molar-refractivity contribution in [3.63, 3.8) is 0 Å². The van der Waals surface area contributed by atoms with Crippen LogP contribution in [0.3, 0.4) is 0 Å². The fraction of sp³-hybridized carbons (Fsp3) is 0.667. The third-order valence-electron chi connectivity index (χ3n) is 5.92. The highest BCUT2D eigenvalue weighted by atomic mass is 32.2. The van der Waals surface area contributed by atoms with Crippen LogP contribution in [0.15, 0.2) is 24.3 Å². The maximum Gasteiger partial charge on any atom is 0.234 e. The number of nitrogens with one attached hydrogen (secondary N) is 1. The second-order valence-corrected chi connectivity index (χ2v) is 8.61. The minimum absolute atomic E-state index is 0.278. The molecule has 4 rings (SSSR count). The molecule has 1 aromatic rings. The molecule has 1 saturated carbocycles. The number of hydrogen-bond donors (Lipinski definition) is 1. The monoisotopic (exact) mass is 350 g/mol. The summed E-state index contributed by atoms with van der Waals surface area (Å²) in [7, 11) is -3.83. The Kier molecular flexibility index (Phi) is 4.54. The molecule has 1 aromatic carbocycles. The molecule has 2 fully saturated rings. The summed E-state index contributed by atoms with van der Waals surface area (Å²) < 4.78 is 33.6. The fourth-order valence-corrected chi connectivity index (χ4v) is 5.83. The molecule has 6 heteroatoms. The Labute approximate surface area is 144 Å². The number of piperidine rings is 1. The molecular weight excluding hydrogens is 324 g/mol. The van der Waals surface area contributed by atoms with Crippen LogP contribution >= 0.6 is 0 Å². The van der Waals surface area contributed by atoms with E-state index in [1.165, 1.54) is 51.6 Å². The Hall–Kier alpha value is -1.11. The zero-order chi connectivity index (χ0) is 16.6. The van der Waals surface area contributed by atoms with Crippen LogP contribution in [0, 0.1) is 5.92 Å². The van der Waals surface area contributed by atoms with Crippen LogP contribution in [0.1, 0.15) is 56.6 Å². The summed E-state index contributed by atoms with van der Waals surface area (Å²) in [6.45, 7) is 2.44. The lowest BCUT2D eigenvalue weighted by Gasteiger charge is -2.48. The van der Waals surface area contributed by atoms with E-state index in [1.807, 2.05) is 18.2 Å². The van der Waals surface area contributed by atoms with Gasteiger partial charge in [-0.05, 0) is 56.1 Å². The Balaban J connectivity index is 1.67. The molecule has 0 radical (unpaired) electrons. The third-order valence-corrected chi connectivity index (χ3v) is 6.80. The fourth-order valence-electron chi connectivity index (χ4n) is 4.86. The lowest BCUT2D eigenvalue weighted by atomic mass is 9.76. The van der Waals surface area contributed by atoms with E-state index in [-0.39, 0.29) is 6.04 Å². The summed E-state index contributed by atoms with van der Waals surface area (Å²) in [5, 5.41) is 0. The van der Waals surface area contributed by atoms with Gasteiger partial charge in [0.25, 0.3) is 0 Å². The first kappa shape index (κ1) is 16.4. The van der Waals surface area contributed by atoms with Crippen molar-refractivity contribution in [3.8, 4) is 5.75 Å². The van der Waals surface area contributed by atoms with Crippen molar-refractivity contribution < 1.29 is 17.5 Å². The van der Waals surface area contributed by atoms with Crippen molar-refractivity contribution >= 4 is 10.3 Å². The SMILES string of the molecule is O=S1(=O)[N-][C@@H]([C@@H]2CCCC[C@@H]2[NH+]2CCCCC2)c2ccccc2O1. The van der Waals surface area contributed by atoms with Crippen LogP contribution in [0.5, 0.6) is 5.75 Å². The lowest BCUT2D eigenvalue weighted by Crippen LogP contribution is -3.17. The highest BCUT2D eigenvalue weighted by Crippen LogP contribution is 2.47. The van der Waals surface area contributed by atoms with Crippen molar-refractivity contribution in [2.75, 3.05) is 13.1 Å². The van der Waals surface area contributed by atoms with E-state index in [4.69, 9.17) is 4.18 Å². The van der Waals surface area contributed by atoms with Gasteiger partial charge < -0.3 is 13.8 Å². The van der Waals surface area contributed by atoms with Gasteiger partial charge in [-0.1, -0.05) is 30.7 Å². The predicted octanol–water partition coefficient (Wildman–Crippen LogP) is 2.37. The molecule has 1 N–H and O–H groups in total. The van der Waals surface area contributed by atoms with Crippen molar-refractivity contribution in [2.45, 2.75) is 57.0 Å². The van der Waals surface area contributed by atoms with E-state index in [2.05, 4.69) is 4.72 Å². The van der Waals surface area contributed by atoms with Crippen LogP contribution in [0.4, 0.5) is 0 Å². The molecule has 5 nitrogen and oxygen atoms in total. The summed E-state index contributed by atoms with van der Waals surface area (Å²) in [5.74, 6) is 0.766. The average Bonchev–Trinajstić information content (AvgIpc) is 2.61. The van der Waals surface area contributed by atoms with Gasteiger partial charge in [0.05, 0.1) is 19.1 Å². The van der Waals surface area contributed by atoms with Crippen molar-refractivity contribution in [1.82, 2.24) is 0 Å². The smallest absolute Gasteiger partial charge is 0.234 e. The van der Waals surface area contributed by atoms with Gasteiger partial charge in [0, 0.05) is 0 Å². The maximum absolute atomic E-state index is 12.2. The van der Waals surface area contributed by atoms with Gasteiger partial charge in [-0.3, -0.25) is 0 Å². The molecule has 24 heavy (non-hydrogen) atoms. The summed E-state index contributed by atoms with van der Waals surface area (Å²) in [6, 6.07) is 7.75. The standard InChI is InChI=1S/C18H25N2O3S/c21-24(22)19-18(15-9-3-5-11-17(15)23-24)14-8-2-4-10-16(14)20-12-6-1-7-13-20/h3,5,9,11,14,16,18H,1-2,4,6-8,10,12-13H2/q-1/p+1/t14-,16+,18+/m1/s1. The molecule has 132 valence electrons. The molecule has 3 atom stereocenters. The zero-order valence-electron chi connectivity index (χ0n) is 14.0. The first-order chi connectivity index (χ1) is 11.6. The Morgan fingerprint density at radius 3 is 2.58 bits per heavy atom. The molecule has 2 heterocycles. The predicted molar refractivity (Wildman–Crippen MR) is 92.4 cm³/mol. The first-order valence-electron chi connectivity index (χ1n) is 9.24. The van der Waals surface area contributed by atoms with E-state index < -0.39 is 10.3 Å². The largest absolute Gasteiger partial charge is 0.507 e. The molecule has 0 amide bonds. The Bertz CT molecular complexity index is 685. The average molecular weight is 350 g/mol. The summed E-state index contributed by atoms with van der Waals surface area (Å²) in [6.07, 6.45) is 8.59. The van der Waals surface area contributed by atoms with Crippen molar-refractivity contribution in [1.29, 1.82) is 0 Å². The van der Waals surface area contributed by atoms with Crippen LogP contribution in [-0.2, 0) is 10.3 Å². The van der Waals surface area contributed by atoms with E-state index in [0.717, 1.165) is 12.0 Å². The Morgan fingerprint density at radius 2 is 1.75 bits per heavy atom. The third kappa shape index (κ3) is 3.19. The minimum Gasteiger partial charge on any atom is -0.507 e. The van der Waals surface area contributed by atoms with Crippen LogP contribution in [0.2, 0.25) is 0 Å². The quantitative estimate of drug-likeness (QED) is 0.891. The minimum atomic E-state index is -3.83. The van der Waals surface area contributed by atoms with Gasteiger partial charge in [0.2, 0.25) is 10.3 Å². The zero-order valence-corrected chi connectivity index (χ0v) is 14.8. The summed E-state index contributed by atoms with van der Waals surface area (Å²) in [4.78, 5) is 1.67. The number of likely N-dealkylation sites (tertiary alicyclic amines) is 1. The maximum atomic E-state index is 12.2. The van der Waals surface area contributed by atoms with Crippen molar-refractivity contribution in [3.05, 3.63) is 34.6 Å². The molecule has 0 spiro atoms. The molecule has 3 aliphatic rings. The number of benzene rings is 1. The van der Waals surface area contributed by atoms with E-state index >= 15 is 0 Å². The lowest BCUT2D eigenvalue weighted by molar-refractivity contribution is -0.935. The number of fused-ring (bicyclic) bond motifs is 1. The number of nitrogens with zero attached hydrogens (tertiary/aromatic N) is 1. The van der Waals surface area contributed by atoms with Crippen LogP contribution in [0.25, 0.3) is 4.72 Å². The number of hydrogen-bond acceptors (Lipinski definition) is 3. The second kappa shape index (κ2) is 6.65. The number of quaternary nitrogens is 1. The van der Waals surface area contributed by atoms with Gasteiger partial charge in [0.15, 0.2) is 0 Å². The molecule has 0 bridgehead atoms. The molecular formula is C18H26N2O3S. The molecule has 1 saturated heterocycles. The van der Waals surface area contributed by atoms with Crippen LogP contribution < -0.4 is 9.08 Å². The van der Waals surface area contributed by atoms with Crippen LogP contribution in [-0.4, -0.2) is 27.5 Å². The molecule has 0 aromatic heterocycles. The van der Waals surface area contributed by atoms with Gasteiger partial charge in [-0.15, -0.1) is 0 Å². The first-order valence-corrected chi connectivity index (χ1v) is 10.6. The number of rotatable bonds is 2. The van der Waals surface area contributed by atoms with Gasteiger partial charge in [-0.25, -0.2) is 8.42 Å². The van der Waals surface area contributed by atoms with Crippen molar-refractivity contribution in [2.24, 2.45) is 5.92 Å². The van der Waals surface area contributed by atoms with Gasteiger partial charge in [-0.2, -0.15) is 0 Å². The summed E-state index contributed by atoms with van der Waals surface area (Å²) >= 11 is 0. The topological polar surface area (TPSA) is 61.9 Å². The van der Waals surface area contributed by atoms with E-state index in [9.17, 15) is 8.42 Å².